The van der Waals surface area contributed by atoms with Crippen LogP contribution in [0.15, 0.2) is 22.8 Å². The number of hydrogen-bond acceptors (Lipinski definition) is 1. The lowest BCUT2D eigenvalue weighted by Crippen LogP contribution is -2.40. The third kappa shape index (κ3) is 1.71. The maximum absolute atomic E-state index is 11.7. The van der Waals surface area contributed by atoms with Gasteiger partial charge in [-0.25, -0.2) is 0 Å². The summed E-state index contributed by atoms with van der Waals surface area (Å²) in [6.07, 6.45) is 11.9. The van der Waals surface area contributed by atoms with Crippen molar-refractivity contribution < 1.29 is 4.79 Å². The molecule has 4 rings (SSSR count). The standard InChI is InChI=1S/C19H26O/c1-12-10-13-11-14(20)5-6-15(13)16-7-9-19(2)8-3-4-17(19)18(12)16/h11-12,17-18H,3-10H2,1-2H3/t12?,17-,18+,19-/m0/s1. The van der Waals surface area contributed by atoms with Crippen LogP contribution in [0.25, 0.3) is 0 Å². The van der Waals surface area contributed by atoms with Crippen LogP contribution in [0.4, 0.5) is 0 Å². The summed E-state index contributed by atoms with van der Waals surface area (Å²) in [5, 5.41) is 0. The molecule has 0 aromatic heterocycles. The molecule has 0 aliphatic heterocycles. The summed E-state index contributed by atoms with van der Waals surface area (Å²) in [5.41, 5.74) is 5.41. The van der Waals surface area contributed by atoms with Gasteiger partial charge in [0, 0.05) is 6.42 Å². The van der Waals surface area contributed by atoms with Crippen molar-refractivity contribution in [3.8, 4) is 0 Å². The molecule has 4 aliphatic rings. The molecule has 4 atom stereocenters. The Morgan fingerprint density at radius 2 is 2.05 bits per heavy atom. The van der Waals surface area contributed by atoms with Gasteiger partial charge in [0.2, 0.25) is 0 Å². The van der Waals surface area contributed by atoms with Crippen molar-refractivity contribution in [3.05, 3.63) is 22.8 Å². The van der Waals surface area contributed by atoms with Gasteiger partial charge in [-0.1, -0.05) is 25.8 Å². The quantitative estimate of drug-likeness (QED) is 0.616. The molecule has 1 unspecified atom stereocenters. The summed E-state index contributed by atoms with van der Waals surface area (Å²) in [6, 6.07) is 0. The first kappa shape index (κ1) is 12.9. The smallest absolute Gasteiger partial charge is 0.156 e. The van der Waals surface area contributed by atoms with Gasteiger partial charge >= 0.3 is 0 Å². The normalized spacial score (nSPS) is 43.8. The fourth-order valence-corrected chi connectivity index (χ4v) is 5.89. The van der Waals surface area contributed by atoms with Crippen molar-refractivity contribution in [1.82, 2.24) is 0 Å². The van der Waals surface area contributed by atoms with Gasteiger partial charge in [0.05, 0.1) is 0 Å². The maximum atomic E-state index is 11.7. The minimum absolute atomic E-state index is 0.358. The van der Waals surface area contributed by atoms with Crippen LogP contribution in [0.3, 0.4) is 0 Å². The molecule has 0 radical (unpaired) electrons. The average molecular weight is 270 g/mol. The molecule has 0 aromatic rings. The van der Waals surface area contributed by atoms with Crippen LogP contribution in [0.5, 0.6) is 0 Å². The Balaban J connectivity index is 1.79. The molecule has 0 bridgehead atoms. The monoisotopic (exact) mass is 270 g/mol. The molecule has 108 valence electrons. The number of hydrogen-bond donors (Lipinski definition) is 0. The van der Waals surface area contributed by atoms with E-state index < -0.39 is 0 Å². The third-order valence-corrected chi connectivity index (χ3v) is 6.85. The van der Waals surface area contributed by atoms with Crippen LogP contribution in [0.1, 0.15) is 65.2 Å². The SMILES string of the molecule is CC1CC2=CC(=O)CCC2=C2CC[C@]3(C)CCC[C@H]3[C@@H]21. The Labute approximate surface area is 122 Å². The molecule has 0 saturated heterocycles. The van der Waals surface area contributed by atoms with Crippen LogP contribution in [-0.2, 0) is 4.79 Å². The van der Waals surface area contributed by atoms with E-state index in [0.717, 1.165) is 37.0 Å². The van der Waals surface area contributed by atoms with Gasteiger partial charge in [-0.05, 0) is 78.9 Å². The van der Waals surface area contributed by atoms with E-state index in [1.165, 1.54) is 37.7 Å². The van der Waals surface area contributed by atoms with Gasteiger partial charge in [-0.2, -0.15) is 0 Å². The van der Waals surface area contributed by atoms with E-state index in [1.54, 1.807) is 11.1 Å². The lowest BCUT2D eigenvalue weighted by atomic mass is 9.55. The van der Waals surface area contributed by atoms with Gasteiger partial charge in [0.25, 0.3) is 0 Å². The van der Waals surface area contributed by atoms with Gasteiger partial charge in [0.1, 0.15) is 0 Å². The maximum Gasteiger partial charge on any atom is 0.156 e. The Hall–Kier alpha value is -0.850. The molecule has 0 N–H and O–H groups in total. The Morgan fingerprint density at radius 1 is 1.20 bits per heavy atom. The molecule has 0 heterocycles. The van der Waals surface area contributed by atoms with E-state index in [1.807, 2.05) is 6.08 Å². The minimum atomic E-state index is 0.358. The first-order valence-corrected chi connectivity index (χ1v) is 8.54. The molecule has 0 spiro atoms. The number of carbonyl (C=O) groups excluding carboxylic acids is 1. The van der Waals surface area contributed by atoms with Crippen molar-refractivity contribution in [3.63, 3.8) is 0 Å². The van der Waals surface area contributed by atoms with E-state index in [-0.39, 0.29) is 0 Å². The van der Waals surface area contributed by atoms with E-state index in [0.29, 0.717) is 11.2 Å². The number of carbonyl (C=O) groups is 1. The second kappa shape index (κ2) is 4.32. The summed E-state index contributed by atoms with van der Waals surface area (Å²) < 4.78 is 0. The highest BCUT2D eigenvalue weighted by molar-refractivity contribution is 5.93. The van der Waals surface area contributed by atoms with Crippen LogP contribution in [0.2, 0.25) is 0 Å². The van der Waals surface area contributed by atoms with E-state index in [4.69, 9.17) is 0 Å². The molecule has 1 heteroatoms. The van der Waals surface area contributed by atoms with Gasteiger partial charge in [-0.3, -0.25) is 4.79 Å². The molecular formula is C19H26O. The largest absolute Gasteiger partial charge is 0.295 e. The zero-order chi connectivity index (χ0) is 13.9. The summed E-state index contributed by atoms with van der Waals surface area (Å²) in [5.74, 6) is 2.86. The fraction of sp³-hybridized carbons (Fsp3) is 0.737. The van der Waals surface area contributed by atoms with E-state index in [9.17, 15) is 4.79 Å². The fourth-order valence-electron chi connectivity index (χ4n) is 5.89. The molecule has 1 nitrogen and oxygen atoms in total. The number of fused-ring (bicyclic) bond motifs is 4. The summed E-state index contributed by atoms with van der Waals surface area (Å²) >= 11 is 0. The van der Waals surface area contributed by atoms with Crippen LogP contribution < -0.4 is 0 Å². The van der Waals surface area contributed by atoms with Crippen LogP contribution in [-0.4, -0.2) is 5.78 Å². The predicted octanol–water partition coefficient (Wildman–Crippen LogP) is 4.83. The topological polar surface area (TPSA) is 17.1 Å². The van der Waals surface area contributed by atoms with E-state index >= 15 is 0 Å². The second-order valence-electron chi connectivity index (χ2n) is 8.00. The number of ketones is 1. The highest BCUT2D eigenvalue weighted by Gasteiger charge is 2.50. The molecule has 4 aliphatic carbocycles. The second-order valence-corrected chi connectivity index (χ2v) is 8.00. The summed E-state index contributed by atoms with van der Waals surface area (Å²) in [4.78, 5) is 11.7. The van der Waals surface area contributed by atoms with Crippen LogP contribution >= 0.6 is 0 Å². The Kier molecular flexibility index (Phi) is 2.78. The summed E-state index contributed by atoms with van der Waals surface area (Å²) in [6.45, 7) is 4.99. The van der Waals surface area contributed by atoms with Crippen molar-refractivity contribution in [2.75, 3.05) is 0 Å². The minimum Gasteiger partial charge on any atom is -0.295 e. The predicted molar refractivity (Wildman–Crippen MR) is 81.3 cm³/mol. The van der Waals surface area contributed by atoms with Crippen molar-refractivity contribution in [2.45, 2.75) is 65.2 Å². The summed E-state index contributed by atoms with van der Waals surface area (Å²) in [7, 11) is 0. The molecule has 0 amide bonds. The lowest BCUT2D eigenvalue weighted by molar-refractivity contribution is -0.114. The molecule has 2 fully saturated rings. The van der Waals surface area contributed by atoms with Crippen molar-refractivity contribution in [2.24, 2.45) is 23.2 Å². The highest BCUT2D eigenvalue weighted by atomic mass is 16.1. The third-order valence-electron chi connectivity index (χ3n) is 6.85. The van der Waals surface area contributed by atoms with Gasteiger partial charge in [0.15, 0.2) is 5.78 Å². The van der Waals surface area contributed by atoms with Crippen molar-refractivity contribution in [1.29, 1.82) is 0 Å². The highest BCUT2D eigenvalue weighted by Crippen LogP contribution is 2.61. The Bertz CT molecular complexity index is 524. The van der Waals surface area contributed by atoms with Crippen molar-refractivity contribution >= 4 is 5.78 Å². The lowest BCUT2D eigenvalue weighted by Gasteiger charge is -2.50. The van der Waals surface area contributed by atoms with Crippen LogP contribution in [0, 0.1) is 23.2 Å². The molecular weight excluding hydrogens is 244 g/mol. The number of rotatable bonds is 0. The zero-order valence-electron chi connectivity index (χ0n) is 12.9. The van der Waals surface area contributed by atoms with E-state index in [2.05, 4.69) is 13.8 Å². The first-order chi connectivity index (χ1) is 9.58. The van der Waals surface area contributed by atoms with Gasteiger partial charge < -0.3 is 0 Å². The Morgan fingerprint density at radius 3 is 2.90 bits per heavy atom. The molecule has 20 heavy (non-hydrogen) atoms. The zero-order valence-corrected chi connectivity index (χ0v) is 12.9. The average Bonchev–Trinajstić information content (AvgIpc) is 2.79. The molecule has 2 saturated carbocycles. The first-order valence-electron chi connectivity index (χ1n) is 8.54. The number of allylic oxidation sites excluding steroid dienone is 4. The van der Waals surface area contributed by atoms with Gasteiger partial charge in [-0.15, -0.1) is 0 Å². The molecule has 0 aromatic carbocycles.